The van der Waals surface area contributed by atoms with E-state index in [1.807, 2.05) is 31.2 Å². The first kappa shape index (κ1) is 14.1. The van der Waals surface area contributed by atoms with Crippen LogP contribution in [-0.2, 0) is 0 Å². The molecule has 0 bridgehead atoms. The Balaban J connectivity index is 2.28. The van der Waals surface area contributed by atoms with Crippen LogP contribution in [0.4, 0.5) is 0 Å². The fourth-order valence-corrected chi connectivity index (χ4v) is 1.37. The molecule has 0 amide bonds. The van der Waals surface area contributed by atoms with Crippen LogP contribution in [0, 0.1) is 6.92 Å². The maximum absolute atomic E-state index is 5.67. The second-order valence-electron chi connectivity index (χ2n) is 4.36. The Labute approximate surface area is 109 Å². The minimum absolute atomic E-state index is 0.294. The number of nitrogens with one attached hydrogen (secondary N) is 1. The maximum Gasteiger partial charge on any atom is 0.119 e. The zero-order valence-electron chi connectivity index (χ0n) is 10.7. The van der Waals surface area contributed by atoms with E-state index in [9.17, 15) is 0 Å². The van der Waals surface area contributed by atoms with Crippen LogP contribution in [-0.4, -0.2) is 19.2 Å². The molecule has 1 atom stereocenters. The maximum atomic E-state index is 5.67. The predicted molar refractivity (Wildman–Crippen MR) is 73.7 cm³/mol. The topological polar surface area (TPSA) is 21.3 Å². The average Bonchev–Trinajstić information content (AvgIpc) is 2.35. The first-order valence-corrected chi connectivity index (χ1v) is 6.24. The summed E-state index contributed by atoms with van der Waals surface area (Å²) in [5.41, 5.74) is 3.96. The van der Waals surface area contributed by atoms with Crippen molar-refractivity contribution in [2.24, 2.45) is 0 Å². The molecule has 0 aliphatic heterocycles. The molecule has 1 aromatic rings. The van der Waals surface area contributed by atoms with Crippen LogP contribution in [0.2, 0.25) is 0 Å². The van der Waals surface area contributed by atoms with Gasteiger partial charge in [0.05, 0.1) is 0 Å². The van der Waals surface area contributed by atoms with Crippen LogP contribution in [0.15, 0.2) is 35.4 Å². The van der Waals surface area contributed by atoms with Crippen LogP contribution in [0.25, 0.3) is 0 Å². The number of hydrogen-bond acceptors (Lipinski definition) is 2. The van der Waals surface area contributed by atoms with Crippen molar-refractivity contribution in [3.8, 4) is 5.75 Å². The van der Waals surface area contributed by atoms with Gasteiger partial charge in [0.2, 0.25) is 0 Å². The molecule has 0 fully saturated rings. The van der Waals surface area contributed by atoms with E-state index in [2.05, 4.69) is 19.2 Å². The summed E-state index contributed by atoms with van der Waals surface area (Å²) in [6, 6.07) is 8.38. The number of rotatable bonds is 6. The van der Waals surface area contributed by atoms with E-state index in [0.717, 1.165) is 17.9 Å². The fourth-order valence-electron chi connectivity index (χ4n) is 1.29. The fraction of sp³-hybridized carbons (Fsp3) is 0.429. The van der Waals surface area contributed by atoms with Gasteiger partial charge >= 0.3 is 0 Å². The van der Waals surface area contributed by atoms with Gasteiger partial charge in [0.1, 0.15) is 12.4 Å². The highest BCUT2D eigenvalue weighted by Gasteiger charge is 2.02. The molecule has 3 heteroatoms. The van der Waals surface area contributed by atoms with E-state index < -0.39 is 0 Å². The van der Waals surface area contributed by atoms with Crippen LogP contribution in [0.1, 0.15) is 19.4 Å². The predicted octanol–water partition coefficient (Wildman–Crippen LogP) is 3.49. The van der Waals surface area contributed by atoms with Crippen molar-refractivity contribution < 1.29 is 4.74 Å². The van der Waals surface area contributed by atoms with Gasteiger partial charge in [-0.1, -0.05) is 29.3 Å². The normalized spacial score (nSPS) is 13.5. The molecule has 0 heterocycles. The third-order valence-corrected chi connectivity index (χ3v) is 2.81. The molecule has 1 aromatic carbocycles. The third kappa shape index (κ3) is 5.76. The highest BCUT2D eigenvalue weighted by Crippen LogP contribution is 2.11. The van der Waals surface area contributed by atoms with Crippen LogP contribution < -0.4 is 10.1 Å². The summed E-state index contributed by atoms with van der Waals surface area (Å²) in [5, 5.41) is 3.34. The van der Waals surface area contributed by atoms with E-state index in [0.29, 0.717) is 12.6 Å². The van der Waals surface area contributed by atoms with Gasteiger partial charge in [-0.2, -0.15) is 0 Å². The summed E-state index contributed by atoms with van der Waals surface area (Å²) in [5.74, 6) is 0.911. The van der Waals surface area contributed by atoms with E-state index in [-0.39, 0.29) is 0 Å². The van der Waals surface area contributed by atoms with Crippen molar-refractivity contribution in [3.05, 3.63) is 40.9 Å². The molecule has 0 spiro atoms. The van der Waals surface area contributed by atoms with E-state index >= 15 is 0 Å². The SMILES string of the molecule is C/C(=C\Cl)CNC(C)COc1ccc(C)cc1. The van der Waals surface area contributed by atoms with Gasteiger partial charge in [-0.25, -0.2) is 0 Å². The summed E-state index contributed by atoms with van der Waals surface area (Å²) < 4.78 is 5.67. The molecule has 1 unspecified atom stereocenters. The zero-order chi connectivity index (χ0) is 12.7. The monoisotopic (exact) mass is 253 g/mol. The van der Waals surface area contributed by atoms with Crippen LogP contribution in [0.5, 0.6) is 5.75 Å². The first-order valence-electron chi connectivity index (χ1n) is 5.80. The molecular weight excluding hydrogens is 234 g/mol. The van der Waals surface area contributed by atoms with Crippen molar-refractivity contribution >= 4 is 11.6 Å². The zero-order valence-corrected chi connectivity index (χ0v) is 11.4. The Bertz CT molecular complexity index is 359. The van der Waals surface area contributed by atoms with Crippen molar-refractivity contribution in [1.29, 1.82) is 0 Å². The quantitative estimate of drug-likeness (QED) is 0.838. The molecule has 1 rings (SSSR count). The molecule has 0 saturated heterocycles. The van der Waals surface area contributed by atoms with Gasteiger partial charge in [-0.15, -0.1) is 0 Å². The molecular formula is C14H20ClNO. The molecule has 0 saturated carbocycles. The minimum atomic E-state index is 0.294. The third-order valence-electron chi connectivity index (χ3n) is 2.44. The second-order valence-corrected chi connectivity index (χ2v) is 4.58. The van der Waals surface area contributed by atoms with E-state index in [1.54, 1.807) is 5.54 Å². The average molecular weight is 254 g/mol. The van der Waals surface area contributed by atoms with Gasteiger partial charge in [-0.05, 0) is 38.5 Å². The highest BCUT2D eigenvalue weighted by molar-refractivity contribution is 6.25. The number of halogens is 1. The standard InChI is InChI=1S/C14H20ClNO/c1-11-4-6-14(7-5-11)17-10-13(3)16-9-12(2)8-15/h4-8,13,16H,9-10H2,1-3H3/b12-8+. The summed E-state index contributed by atoms with van der Waals surface area (Å²) in [4.78, 5) is 0. The largest absolute Gasteiger partial charge is 0.492 e. The minimum Gasteiger partial charge on any atom is -0.492 e. The number of benzene rings is 1. The Morgan fingerprint density at radius 3 is 2.65 bits per heavy atom. The Morgan fingerprint density at radius 1 is 1.41 bits per heavy atom. The molecule has 2 nitrogen and oxygen atoms in total. The highest BCUT2D eigenvalue weighted by atomic mass is 35.5. The van der Waals surface area contributed by atoms with Crippen molar-refractivity contribution in [3.63, 3.8) is 0 Å². The molecule has 0 aliphatic carbocycles. The smallest absolute Gasteiger partial charge is 0.119 e. The van der Waals surface area contributed by atoms with Crippen molar-refractivity contribution in [1.82, 2.24) is 5.32 Å². The second kappa shape index (κ2) is 7.36. The lowest BCUT2D eigenvalue weighted by atomic mass is 10.2. The number of hydrogen-bond donors (Lipinski definition) is 1. The van der Waals surface area contributed by atoms with Crippen LogP contribution >= 0.6 is 11.6 Å². The van der Waals surface area contributed by atoms with Gasteiger partial charge in [-0.3, -0.25) is 0 Å². The summed E-state index contributed by atoms with van der Waals surface area (Å²) in [6.07, 6.45) is 0. The summed E-state index contributed by atoms with van der Waals surface area (Å²) in [7, 11) is 0. The Hall–Kier alpha value is -0.990. The van der Waals surface area contributed by atoms with Gasteiger partial charge < -0.3 is 10.1 Å². The molecule has 0 radical (unpaired) electrons. The molecule has 94 valence electrons. The Morgan fingerprint density at radius 2 is 2.06 bits per heavy atom. The van der Waals surface area contributed by atoms with Crippen molar-refractivity contribution in [2.45, 2.75) is 26.8 Å². The molecule has 0 aromatic heterocycles. The van der Waals surface area contributed by atoms with Gasteiger partial charge in [0.25, 0.3) is 0 Å². The summed E-state index contributed by atoms with van der Waals surface area (Å²) >= 11 is 5.59. The lowest BCUT2D eigenvalue weighted by molar-refractivity contribution is 0.276. The Kier molecular flexibility index (Phi) is 6.09. The summed E-state index contributed by atoms with van der Waals surface area (Å²) in [6.45, 7) is 7.60. The van der Waals surface area contributed by atoms with E-state index in [4.69, 9.17) is 16.3 Å². The van der Waals surface area contributed by atoms with Gasteiger partial charge in [0.15, 0.2) is 0 Å². The number of ether oxygens (including phenoxy) is 1. The van der Waals surface area contributed by atoms with E-state index in [1.165, 1.54) is 5.56 Å². The van der Waals surface area contributed by atoms with Crippen LogP contribution in [0.3, 0.4) is 0 Å². The molecule has 0 aliphatic rings. The molecule has 17 heavy (non-hydrogen) atoms. The molecule has 1 N–H and O–H groups in total. The first-order chi connectivity index (χ1) is 8.11. The lowest BCUT2D eigenvalue weighted by Crippen LogP contribution is -2.32. The number of aryl methyl sites for hydroxylation is 1. The lowest BCUT2D eigenvalue weighted by Gasteiger charge is -2.15. The van der Waals surface area contributed by atoms with Crippen molar-refractivity contribution in [2.75, 3.05) is 13.2 Å². The van der Waals surface area contributed by atoms with Gasteiger partial charge in [0, 0.05) is 18.1 Å².